The first-order chi connectivity index (χ1) is 17.6. The molecule has 2 N–H and O–H groups in total. The largest absolute Gasteiger partial charge is 0.489 e. The van der Waals surface area contributed by atoms with Crippen LogP contribution < -0.4 is 10.1 Å². The molecule has 5 rings (SSSR count). The first kappa shape index (κ1) is 23.1. The molecule has 0 aliphatic rings. The maximum atomic E-state index is 13.5. The summed E-state index contributed by atoms with van der Waals surface area (Å²) in [5.41, 5.74) is 3.56. The molecule has 0 fully saturated rings. The Morgan fingerprint density at radius 3 is 2.06 bits per heavy atom. The van der Waals surface area contributed by atoms with Crippen LogP contribution in [0.2, 0.25) is 0 Å². The van der Waals surface area contributed by atoms with Gasteiger partial charge in [0.2, 0.25) is 0 Å². The van der Waals surface area contributed by atoms with Gasteiger partial charge in [0.25, 0.3) is 5.91 Å². The molecule has 1 aromatic heterocycles. The van der Waals surface area contributed by atoms with Crippen LogP contribution in [0.3, 0.4) is 0 Å². The van der Waals surface area contributed by atoms with Crippen molar-refractivity contribution < 1.29 is 19.4 Å². The number of hydrogen-bond acceptors (Lipinski definition) is 4. The van der Waals surface area contributed by atoms with E-state index < -0.39 is 17.9 Å². The van der Waals surface area contributed by atoms with Crippen LogP contribution in [0.1, 0.15) is 21.5 Å². The van der Waals surface area contributed by atoms with Gasteiger partial charge in [0.05, 0.1) is 16.6 Å². The molecule has 6 heteroatoms. The second-order valence-electron chi connectivity index (χ2n) is 8.51. The molecule has 0 bridgehead atoms. The van der Waals surface area contributed by atoms with Gasteiger partial charge in [0, 0.05) is 17.2 Å². The highest BCUT2D eigenvalue weighted by Crippen LogP contribution is 2.26. The quantitative estimate of drug-likeness (QED) is 0.293. The smallest absolute Gasteiger partial charge is 0.326 e. The number of nitrogens with one attached hydrogen (secondary N) is 1. The summed E-state index contributed by atoms with van der Waals surface area (Å²) < 4.78 is 5.88. The van der Waals surface area contributed by atoms with Crippen LogP contribution in [0.25, 0.3) is 21.8 Å². The second kappa shape index (κ2) is 10.3. The van der Waals surface area contributed by atoms with E-state index in [0.717, 1.165) is 11.1 Å². The fourth-order valence-corrected chi connectivity index (χ4v) is 4.25. The SMILES string of the molecule is O=C(N[C@@H](Cc1cccc(OCc2ccccc2)c1)C(=O)O)c1c2ccccc2nc2ccccc12. The molecule has 4 aromatic carbocycles. The van der Waals surface area contributed by atoms with Gasteiger partial charge in [-0.2, -0.15) is 0 Å². The van der Waals surface area contributed by atoms with E-state index in [2.05, 4.69) is 10.3 Å². The Balaban J connectivity index is 1.38. The summed E-state index contributed by atoms with van der Waals surface area (Å²) in [6.07, 6.45) is 0.116. The standard InChI is InChI=1S/C30H24N2O4/c33-29(28-23-13-4-6-15-25(23)31-26-16-7-5-14-24(26)28)32-27(30(34)35)18-21-11-8-12-22(17-21)36-19-20-9-2-1-3-10-20/h1-17,27H,18-19H2,(H,32,33)(H,34,35)/t27-/m0/s1. The first-order valence-corrected chi connectivity index (χ1v) is 11.7. The summed E-state index contributed by atoms with van der Waals surface area (Å²) in [5.74, 6) is -0.923. The van der Waals surface area contributed by atoms with Gasteiger partial charge in [-0.25, -0.2) is 9.78 Å². The normalized spacial score (nSPS) is 11.8. The van der Waals surface area contributed by atoms with Gasteiger partial charge in [-0.1, -0.05) is 78.9 Å². The van der Waals surface area contributed by atoms with Gasteiger partial charge in [-0.15, -0.1) is 0 Å². The summed E-state index contributed by atoms with van der Waals surface area (Å²) in [7, 11) is 0. The molecule has 0 saturated carbocycles. The Morgan fingerprint density at radius 2 is 1.39 bits per heavy atom. The highest BCUT2D eigenvalue weighted by Gasteiger charge is 2.24. The molecule has 178 valence electrons. The Hall–Kier alpha value is -4.71. The van der Waals surface area contributed by atoms with Crippen molar-refractivity contribution in [2.45, 2.75) is 19.1 Å². The number of carbonyl (C=O) groups excluding carboxylic acids is 1. The summed E-state index contributed by atoms with van der Waals surface area (Å²) >= 11 is 0. The molecule has 0 spiro atoms. The maximum absolute atomic E-state index is 13.5. The van der Waals surface area contributed by atoms with E-state index in [9.17, 15) is 14.7 Å². The molecule has 1 heterocycles. The molecule has 0 aliphatic heterocycles. The highest BCUT2D eigenvalue weighted by atomic mass is 16.5. The van der Waals surface area contributed by atoms with Crippen LogP contribution in [0.5, 0.6) is 5.75 Å². The van der Waals surface area contributed by atoms with Crippen molar-refractivity contribution in [3.05, 3.63) is 120 Å². The Morgan fingerprint density at radius 1 is 0.778 bits per heavy atom. The molecule has 0 radical (unpaired) electrons. The van der Waals surface area contributed by atoms with E-state index in [1.165, 1.54) is 0 Å². The number of amides is 1. The van der Waals surface area contributed by atoms with Crippen molar-refractivity contribution in [1.82, 2.24) is 10.3 Å². The fourth-order valence-electron chi connectivity index (χ4n) is 4.25. The maximum Gasteiger partial charge on any atom is 0.326 e. The van der Waals surface area contributed by atoms with Crippen molar-refractivity contribution in [2.75, 3.05) is 0 Å². The van der Waals surface area contributed by atoms with Crippen LogP contribution in [-0.4, -0.2) is 28.0 Å². The molecule has 5 aromatic rings. The number of benzene rings is 4. The molecule has 0 unspecified atom stereocenters. The van der Waals surface area contributed by atoms with E-state index in [1.807, 2.05) is 103 Å². The number of carboxylic acids is 1. The predicted molar refractivity (Wildman–Crippen MR) is 139 cm³/mol. The minimum Gasteiger partial charge on any atom is -0.489 e. The van der Waals surface area contributed by atoms with E-state index in [-0.39, 0.29) is 6.42 Å². The third-order valence-corrected chi connectivity index (χ3v) is 6.00. The van der Waals surface area contributed by atoms with Crippen molar-refractivity contribution in [3.8, 4) is 5.75 Å². The minimum absolute atomic E-state index is 0.116. The molecular weight excluding hydrogens is 452 g/mol. The molecular formula is C30H24N2O4. The number of pyridine rings is 1. The highest BCUT2D eigenvalue weighted by molar-refractivity contribution is 6.16. The van der Waals surface area contributed by atoms with Crippen molar-refractivity contribution in [3.63, 3.8) is 0 Å². The lowest BCUT2D eigenvalue weighted by atomic mass is 10.0. The lowest BCUT2D eigenvalue weighted by molar-refractivity contribution is -0.139. The molecule has 0 aliphatic carbocycles. The number of aromatic nitrogens is 1. The van der Waals surface area contributed by atoms with Gasteiger partial charge in [-0.3, -0.25) is 4.79 Å². The second-order valence-corrected chi connectivity index (χ2v) is 8.51. The van der Waals surface area contributed by atoms with Gasteiger partial charge in [0.15, 0.2) is 0 Å². The van der Waals surface area contributed by atoms with Gasteiger partial charge < -0.3 is 15.2 Å². The number of carbonyl (C=O) groups is 2. The number of fused-ring (bicyclic) bond motifs is 2. The number of aliphatic carboxylic acids is 1. The zero-order chi connectivity index (χ0) is 24.9. The van der Waals surface area contributed by atoms with Crippen LogP contribution in [0.4, 0.5) is 0 Å². The van der Waals surface area contributed by atoms with E-state index in [1.54, 1.807) is 0 Å². The van der Waals surface area contributed by atoms with Crippen molar-refractivity contribution in [2.24, 2.45) is 0 Å². The topological polar surface area (TPSA) is 88.5 Å². The first-order valence-electron chi connectivity index (χ1n) is 11.7. The number of hydrogen-bond donors (Lipinski definition) is 2. The average Bonchev–Trinajstić information content (AvgIpc) is 2.91. The minimum atomic E-state index is -1.12. The predicted octanol–water partition coefficient (Wildman–Crippen LogP) is 5.39. The zero-order valence-electron chi connectivity index (χ0n) is 19.4. The third kappa shape index (κ3) is 5.03. The fraction of sp³-hybridized carbons (Fsp3) is 0.100. The number of ether oxygens (including phenoxy) is 1. The molecule has 36 heavy (non-hydrogen) atoms. The molecule has 6 nitrogen and oxygen atoms in total. The molecule has 0 saturated heterocycles. The van der Waals surface area contributed by atoms with E-state index in [0.29, 0.717) is 39.7 Å². The van der Waals surface area contributed by atoms with Gasteiger partial charge >= 0.3 is 5.97 Å². The van der Waals surface area contributed by atoms with E-state index >= 15 is 0 Å². The summed E-state index contributed by atoms with van der Waals surface area (Å²) in [5, 5.41) is 14.0. The summed E-state index contributed by atoms with van der Waals surface area (Å²) in [6, 6.07) is 30.7. The number of nitrogens with zero attached hydrogens (tertiary/aromatic N) is 1. The Kier molecular flexibility index (Phi) is 6.58. The monoisotopic (exact) mass is 476 g/mol. The number of para-hydroxylation sites is 2. The van der Waals surface area contributed by atoms with Crippen LogP contribution in [0, 0.1) is 0 Å². The Bertz CT molecular complexity index is 1500. The van der Waals surface area contributed by atoms with Gasteiger partial charge in [0.1, 0.15) is 18.4 Å². The summed E-state index contributed by atoms with van der Waals surface area (Å²) in [6.45, 7) is 0.408. The lowest BCUT2D eigenvalue weighted by Crippen LogP contribution is -2.42. The summed E-state index contributed by atoms with van der Waals surface area (Å²) in [4.78, 5) is 30.3. The van der Waals surface area contributed by atoms with Crippen LogP contribution in [0.15, 0.2) is 103 Å². The molecule has 1 atom stereocenters. The lowest BCUT2D eigenvalue weighted by Gasteiger charge is -2.17. The van der Waals surface area contributed by atoms with Crippen LogP contribution >= 0.6 is 0 Å². The van der Waals surface area contributed by atoms with Crippen molar-refractivity contribution >= 4 is 33.7 Å². The van der Waals surface area contributed by atoms with E-state index in [4.69, 9.17) is 4.74 Å². The van der Waals surface area contributed by atoms with Gasteiger partial charge in [-0.05, 0) is 35.4 Å². The van der Waals surface area contributed by atoms with Crippen LogP contribution in [-0.2, 0) is 17.8 Å². The van der Waals surface area contributed by atoms with Crippen molar-refractivity contribution in [1.29, 1.82) is 0 Å². The molecule has 1 amide bonds. The number of carboxylic acid groups (broad SMARTS) is 1. The third-order valence-electron chi connectivity index (χ3n) is 6.00. The average molecular weight is 477 g/mol. The number of rotatable bonds is 8. The Labute approximate surface area is 208 Å². The zero-order valence-corrected chi connectivity index (χ0v) is 19.4.